The van der Waals surface area contributed by atoms with Crippen LogP contribution < -0.4 is 14.8 Å². The predicted molar refractivity (Wildman–Crippen MR) is 210 cm³/mol. The number of methoxy groups -OCH3 is 1. The zero-order valence-corrected chi connectivity index (χ0v) is 33.6. The third-order valence-corrected chi connectivity index (χ3v) is 9.95. The summed E-state index contributed by atoms with van der Waals surface area (Å²) in [5.74, 6) is 1.43. The van der Waals surface area contributed by atoms with Gasteiger partial charge in [-0.05, 0) is 60.7 Å². The maximum Gasteiger partial charge on any atom is 0.257 e. The van der Waals surface area contributed by atoms with Crippen molar-refractivity contribution in [2.75, 3.05) is 105 Å². The van der Waals surface area contributed by atoms with Gasteiger partial charge in [0.05, 0.1) is 96.5 Å². The number of tetrazole rings is 1. The highest BCUT2D eigenvalue weighted by atomic mass is 35.5. The number of nitrogens with zero attached hydrogens (tertiary/aromatic N) is 9. The van der Waals surface area contributed by atoms with E-state index in [0.717, 1.165) is 63.1 Å². The second kappa shape index (κ2) is 23.4. The number of halogens is 1. The first-order valence-corrected chi connectivity index (χ1v) is 20.0. The van der Waals surface area contributed by atoms with Crippen LogP contribution >= 0.6 is 11.6 Å². The van der Waals surface area contributed by atoms with Crippen molar-refractivity contribution in [1.82, 2.24) is 44.9 Å². The zero-order chi connectivity index (χ0) is 39.5. The van der Waals surface area contributed by atoms with E-state index in [1.807, 2.05) is 29.9 Å². The Labute approximate surface area is 338 Å². The van der Waals surface area contributed by atoms with Crippen molar-refractivity contribution >= 4 is 23.2 Å². The number of hydrogen-bond donors (Lipinski definition) is 1. The molecule has 0 unspecified atom stereocenters. The smallest absolute Gasteiger partial charge is 0.257 e. The second-order valence-corrected chi connectivity index (χ2v) is 14.2. The van der Waals surface area contributed by atoms with E-state index in [9.17, 15) is 0 Å². The van der Waals surface area contributed by atoms with Gasteiger partial charge in [-0.3, -0.25) is 9.58 Å². The van der Waals surface area contributed by atoms with Gasteiger partial charge in [-0.15, -0.1) is 10.2 Å². The second-order valence-electron chi connectivity index (χ2n) is 13.8. The summed E-state index contributed by atoms with van der Waals surface area (Å²) >= 11 is 6.48. The number of anilines is 2. The van der Waals surface area contributed by atoms with Crippen LogP contribution in [0.1, 0.15) is 38.6 Å². The molecule has 4 heterocycles. The molecule has 1 N–H and O–H groups in total. The molecule has 2 aliphatic rings. The van der Waals surface area contributed by atoms with Crippen LogP contribution in [0.4, 0.5) is 11.6 Å². The molecule has 57 heavy (non-hydrogen) atoms. The highest BCUT2D eigenvalue weighted by Crippen LogP contribution is 2.35. The topological polar surface area (TPSA) is 176 Å². The van der Waals surface area contributed by atoms with E-state index in [-0.39, 0.29) is 12.1 Å². The molecule has 1 atom stereocenters. The van der Waals surface area contributed by atoms with Crippen LogP contribution in [0.15, 0.2) is 43.1 Å². The Morgan fingerprint density at radius 3 is 2.14 bits per heavy atom. The fraction of sp³-hybridized carbons (Fsp3) is 0.632. The molecule has 1 saturated heterocycles. The monoisotopic (exact) mass is 814 g/mol. The Bertz CT molecular complexity index is 1710. The van der Waals surface area contributed by atoms with E-state index in [2.05, 4.69) is 35.7 Å². The minimum Gasteiger partial charge on any atom is -0.487 e. The van der Waals surface area contributed by atoms with Crippen molar-refractivity contribution in [2.24, 2.45) is 0 Å². The van der Waals surface area contributed by atoms with Gasteiger partial charge >= 0.3 is 0 Å². The standard InChI is InChI=1S/C38H55ClN10O8/c1-29(26-48-28-42-45-46-48)57-36-23-30(3-8-34(36)39)31-24-40-38(41-25-31)43-35-27-49(33-6-4-32(5-7-33)47-9-11-51-12-10-47)44-37(35)56-22-21-55-20-19-54-18-17-53-16-15-52-14-13-50-2/h3,8,23-25,27-29,32-33H,4-7,9-22,26H2,1-2H3,(H,40,41,43)/t29-,32-,33-/m0/s1. The minimum absolute atomic E-state index is 0.222. The lowest BCUT2D eigenvalue weighted by Gasteiger charge is -2.38. The molecule has 3 aromatic heterocycles. The van der Waals surface area contributed by atoms with Crippen LogP contribution in [0.2, 0.25) is 5.02 Å². The molecule has 1 aliphatic carbocycles. The molecule has 18 nitrogen and oxygen atoms in total. The predicted octanol–water partition coefficient (Wildman–Crippen LogP) is 4.10. The summed E-state index contributed by atoms with van der Waals surface area (Å²) in [6.45, 7) is 10.8. The highest BCUT2D eigenvalue weighted by molar-refractivity contribution is 6.32. The van der Waals surface area contributed by atoms with Crippen LogP contribution in [0, 0.1) is 0 Å². The summed E-state index contributed by atoms with van der Waals surface area (Å²) in [4.78, 5) is 11.8. The first-order chi connectivity index (χ1) is 28.1. The van der Waals surface area contributed by atoms with Gasteiger partial charge in [-0.25, -0.2) is 14.6 Å². The molecule has 0 bridgehead atoms. The highest BCUT2D eigenvalue weighted by Gasteiger charge is 2.29. The maximum absolute atomic E-state index is 6.48. The molecule has 312 valence electrons. The molecule has 2 fully saturated rings. The van der Waals surface area contributed by atoms with Crippen LogP contribution in [0.25, 0.3) is 11.1 Å². The van der Waals surface area contributed by atoms with E-state index in [0.29, 0.717) is 107 Å². The first-order valence-electron chi connectivity index (χ1n) is 19.7. The van der Waals surface area contributed by atoms with Crippen molar-refractivity contribution in [3.8, 4) is 22.8 Å². The number of morpholine rings is 1. The van der Waals surface area contributed by atoms with Crippen molar-refractivity contribution < 1.29 is 37.9 Å². The Hall–Kier alpha value is -4.01. The van der Waals surface area contributed by atoms with Gasteiger partial charge in [0.1, 0.15) is 30.5 Å². The number of rotatable bonds is 25. The Kier molecular flexibility index (Phi) is 17.5. The fourth-order valence-corrected chi connectivity index (χ4v) is 6.87. The fourth-order valence-electron chi connectivity index (χ4n) is 6.70. The van der Waals surface area contributed by atoms with E-state index < -0.39 is 0 Å². The molecule has 1 aromatic carbocycles. The van der Waals surface area contributed by atoms with Crippen molar-refractivity contribution in [3.63, 3.8) is 0 Å². The van der Waals surface area contributed by atoms with E-state index in [1.54, 1.807) is 36.6 Å². The number of hydrogen-bond acceptors (Lipinski definition) is 16. The number of benzene rings is 1. The van der Waals surface area contributed by atoms with Gasteiger partial charge in [0.15, 0.2) is 0 Å². The van der Waals surface area contributed by atoms with Crippen LogP contribution in [0.5, 0.6) is 11.6 Å². The lowest BCUT2D eigenvalue weighted by molar-refractivity contribution is -0.00989. The lowest BCUT2D eigenvalue weighted by atomic mass is 9.90. The number of aromatic nitrogens is 8. The summed E-state index contributed by atoms with van der Waals surface area (Å²) in [6.07, 6.45) is 11.1. The van der Waals surface area contributed by atoms with E-state index >= 15 is 0 Å². The van der Waals surface area contributed by atoms with Crippen molar-refractivity contribution in [2.45, 2.75) is 57.3 Å². The molecule has 6 rings (SSSR count). The average Bonchev–Trinajstić information content (AvgIpc) is 3.91. The first kappa shape index (κ1) is 42.6. The lowest BCUT2D eigenvalue weighted by Crippen LogP contribution is -2.45. The SMILES string of the molecule is COCCOCCOCCOCCOCCOc1nn([C@H]2CC[C@H](N3CCOCC3)CC2)cc1Nc1ncc(-c2ccc(Cl)c(O[C@@H](C)Cn3cnnn3)c2)cn1. The molecule has 0 spiro atoms. The van der Waals surface area contributed by atoms with Crippen LogP contribution in [0.3, 0.4) is 0 Å². The third kappa shape index (κ3) is 13.8. The summed E-state index contributed by atoms with van der Waals surface area (Å²) in [5.41, 5.74) is 2.35. The van der Waals surface area contributed by atoms with E-state index in [4.69, 9.17) is 54.6 Å². The third-order valence-electron chi connectivity index (χ3n) is 9.64. The maximum atomic E-state index is 6.48. The average molecular weight is 815 g/mol. The number of ether oxygens (including phenoxy) is 8. The summed E-state index contributed by atoms with van der Waals surface area (Å²) in [5, 5.41) is 20.0. The van der Waals surface area contributed by atoms with Gasteiger partial charge in [0.25, 0.3) is 5.88 Å². The molecular formula is C38H55ClN10O8. The molecular weight excluding hydrogens is 760 g/mol. The molecule has 1 aliphatic heterocycles. The quantitative estimate of drug-likeness (QED) is 0.0946. The normalized spacial score (nSPS) is 18.1. The molecule has 0 amide bonds. The van der Waals surface area contributed by atoms with Gasteiger partial charge < -0.3 is 43.2 Å². The van der Waals surface area contributed by atoms with Crippen molar-refractivity contribution in [1.29, 1.82) is 0 Å². The molecule has 19 heteroatoms. The van der Waals surface area contributed by atoms with Crippen LogP contribution in [-0.2, 0) is 35.0 Å². The molecule has 0 radical (unpaired) electrons. The van der Waals surface area contributed by atoms with Gasteiger partial charge in [-0.2, -0.15) is 0 Å². The zero-order valence-electron chi connectivity index (χ0n) is 32.9. The Morgan fingerprint density at radius 1 is 0.842 bits per heavy atom. The number of nitrogens with one attached hydrogen (secondary N) is 1. The largest absolute Gasteiger partial charge is 0.487 e. The van der Waals surface area contributed by atoms with E-state index in [1.165, 1.54) is 0 Å². The van der Waals surface area contributed by atoms with Gasteiger partial charge in [0.2, 0.25) is 5.95 Å². The summed E-state index contributed by atoms with van der Waals surface area (Å²) < 4.78 is 48.7. The molecule has 4 aromatic rings. The summed E-state index contributed by atoms with van der Waals surface area (Å²) in [7, 11) is 1.65. The Morgan fingerprint density at radius 2 is 1.49 bits per heavy atom. The van der Waals surface area contributed by atoms with Crippen molar-refractivity contribution in [3.05, 3.63) is 48.1 Å². The van der Waals surface area contributed by atoms with Gasteiger partial charge in [0, 0.05) is 44.2 Å². The molecule has 1 saturated carbocycles. The van der Waals surface area contributed by atoms with Gasteiger partial charge in [-0.1, -0.05) is 17.7 Å². The Balaban J connectivity index is 1.01. The minimum atomic E-state index is -0.222. The van der Waals surface area contributed by atoms with Crippen LogP contribution in [-0.4, -0.2) is 156 Å². The summed E-state index contributed by atoms with van der Waals surface area (Å²) in [6, 6.07) is 6.43.